The highest BCUT2D eigenvalue weighted by Crippen LogP contribution is 2.26. The molecular formula is C29H51N7O11S. The maximum absolute atomic E-state index is 13.3. The normalized spacial score (nSPS) is 17.4. The van der Waals surface area contributed by atoms with Gasteiger partial charge in [0.15, 0.2) is 6.29 Å². The second kappa shape index (κ2) is 21.6. The fourth-order valence-corrected chi connectivity index (χ4v) is 5.91. The molecule has 0 radical (unpaired) electrons. The molecule has 274 valence electrons. The van der Waals surface area contributed by atoms with Crippen molar-refractivity contribution in [3.63, 3.8) is 0 Å². The van der Waals surface area contributed by atoms with Gasteiger partial charge in [0.1, 0.15) is 12.1 Å². The Kier molecular flexibility index (Phi) is 19.2. The van der Waals surface area contributed by atoms with E-state index in [0.717, 1.165) is 16.7 Å². The van der Waals surface area contributed by atoms with Gasteiger partial charge in [-0.05, 0) is 25.8 Å². The molecular weight excluding hydrogens is 654 g/mol. The smallest absolute Gasteiger partial charge is 0.305 e. The van der Waals surface area contributed by atoms with Gasteiger partial charge in [0, 0.05) is 37.3 Å². The number of hydrogen-bond donors (Lipinski definition) is 10. The fourth-order valence-electron chi connectivity index (χ4n) is 4.68. The van der Waals surface area contributed by atoms with Gasteiger partial charge in [-0.1, -0.05) is 27.7 Å². The number of carboxylic acids is 2. The molecule has 11 N–H and O–H groups in total. The summed E-state index contributed by atoms with van der Waals surface area (Å²) in [5, 5.41) is 50.7. The van der Waals surface area contributed by atoms with Crippen LogP contribution < -0.4 is 32.3 Å². The number of likely N-dealkylation sites (tertiary alicyclic amines) is 1. The molecule has 5 unspecified atom stereocenters. The number of nitrogens with zero attached hydrogens (tertiary/aromatic N) is 1. The van der Waals surface area contributed by atoms with Gasteiger partial charge >= 0.3 is 11.9 Å². The van der Waals surface area contributed by atoms with Crippen LogP contribution in [0.5, 0.6) is 0 Å². The molecule has 0 aliphatic carbocycles. The van der Waals surface area contributed by atoms with Crippen molar-refractivity contribution in [3.8, 4) is 0 Å². The van der Waals surface area contributed by atoms with Crippen LogP contribution in [0.25, 0.3) is 0 Å². The average molecular weight is 706 g/mol. The molecule has 1 saturated heterocycles. The Bertz CT molecular complexity index is 1130. The highest BCUT2D eigenvalue weighted by Gasteiger charge is 2.39. The summed E-state index contributed by atoms with van der Waals surface area (Å²) in [7, 11) is 0. The van der Waals surface area contributed by atoms with E-state index in [-0.39, 0.29) is 49.7 Å². The first kappa shape index (κ1) is 42.7. The molecule has 19 heteroatoms. The summed E-state index contributed by atoms with van der Waals surface area (Å²) in [6, 6.07) is -5.76. The second-order valence-corrected chi connectivity index (χ2v) is 13.3. The number of aliphatic hydroxyl groups is 2. The number of aliphatic hydroxyl groups excluding tert-OH is 1. The first-order valence-corrected chi connectivity index (χ1v) is 16.9. The molecule has 48 heavy (non-hydrogen) atoms. The minimum absolute atomic E-state index is 0.0327. The van der Waals surface area contributed by atoms with Crippen molar-refractivity contribution in [3.05, 3.63) is 0 Å². The Hall–Kier alpha value is -3.36. The van der Waals surface area contributed by atoms with Crippen molar-refractivity contribution in [2.45, 2.75) is 114 Å². The SMILES string of the molecule is CC(C)NCCN1C(=O)CC(SCC(NC(=O)C(CC(=O)O)NC(=O)C(CCCCN)NC(=O)C(CC(=O)O)NC(C)C)C(O)O)C1=O. The summed E-state index contributed by atoms with van der Waals surface area (Å²) in [5.41, 5.74) is 5.55. The molecule has 5 amide bonds. The van der Waals surface area contributed by atoms with Crippen molar-refractivity contribution < 1.29 is 54.0 Å². The third-order valence-corrected chi connectivity index (χ3v) is 8.40. The molecule has 1 aliphatic rings. The molecule has 0 aromatic carbocycles. The Morgan fingerprint density at radius 1 is 0.854 bits per heavy atom. The van der Waals surface area contributed by atoms with E-state index in [2.05, 4.69) is 26.6 Å². The van der Waals surface area contributed by atoms with Crippen LogP contribution in [0.4, 0.5) is 0 Å². The molecule has 0 aromatic rings. The average Bonchev–Trinajstić information content (AvgIpc) is 3.24. The second-order valence-electron chi connectivity index (χ2n) is 12.0. The number of carbonyl (C=O) groups excluding carboxylic acids is 5. The molecule has 0 saturated carbocycles. The Balaban J connectivity index is 3.02. The van der Waals surface area contributed by atoms with E-state index >= 15 is 0 Å². The van der Waals surface area contributed by atoms with E-state index in [1.165, 1.54) is 0 Å². The zero-order valence-corrected chi connectivity index (χ0v) is 28.6. The van der Waals surface area contributed by atoms with Crippen molar-refractivity contribution in [1.29, 1.82) is 0 Å². The number of aliphatic carboxylic acids is 2. The lowest BCUT2D eigenvalue weighted by atomic mass is 10.1. The first-order valence-electron chi connectivity index (χ1n) is 15.8. The lowest BCUT2D eigenvalue weighted by Crippen LogP contribution is -2.58. The van der Waals surface area contributed by atoms with Crippen LogP contribution in [0.3, 0.4) is 0 Å². The van der Waals surface area contributed by atoms with Gasteiger partial charge in [-0.3, -0.25) is 38.5 Å². The van der Waals surface area contributed by atoms with E-state index in [9.17, 15) is 54.0 Å². The molecule has 1 rings (SSSR count). The van der Waals surface area contributed by atoms with Crippen molar-refractivity contribution in [1.82, 2.24) is 31.5 Å². The molecule has 1 fully saturated rings. The largest absolute Gasteiger partial charge is 0.481 e. The van der Waals surface area contributed by atoms with Crippen LogP contribution in [0.1, 0.15) is 66.2 Å². The fraction of sp³-hybridized carbons (Fsp3) is 0.759. The van der Waals surface area contributed by atoms with Crippen LogP contribution in [-0.4, -0.2) is 140 Å². The lowest BCUT2D eigenvalue weighted by molar-refractivity contribution is -0.142. The standard InChI is InChI=1S/C29H51N7O11S/c1-15(2)31-9-10-36-22(37)13-21(28(36)45)48-14-20(29(46)47)35-27(44)19(12-24(40)41)34-25(42)17(7-5-6-8-30)33-26(43)18(11-23(38)39)32-16(3)4/h15-21,29,31-32,46-47H,5-14,30H2,1-4H3,(H,33,43)(H,34,42)(H,35,44)(H,38,39)(H,40,41). The Labute approximate surface area is 283 Å². The monoisotopic (exact) mass is 705 g/mol. The third-order valence-electron chi connectivity index (χ3n) is 7.08. The third kappa shape index (κ3) is 15.7. The van der Waals surface area contributed by atoms with Crippen molar-refractivity contribution >= 4 is 53.2 Å². The summed E-state index contributed by atoms with van der Waals surface area (Å²) in [6.45, 7) is 8.06. The van der Waals surface area contributed by atoms with Crippen LogP contribution in [0, 0.1) is 0 Å². The summed E-state index contributed by atoms with van der Waals surface area (Å²) in [6.07, 6.45) is -2.90. The number of hydrogen-bond acceptors (Lipinski definition) is 13. The Morgan fingerprint density at radius 3 is 1.96 bits per heavy atom. The topological polar surface area (TPSA) is 290 Å². The van der Waals surface area contributed by atoms with E-state index in [1.807, 2.05) is 13.8 Å². The van der Waals surface area contributed by atoms with Crippen LogP contribution in [0.2, 0.25) is 0 Å². The maximum atomic E-state index is 13.3. The van der Waals surface area contributed by atoms with Crippen LogP contribution in [-0.2, 0) is 33.6 Å². The zero-order chi connectivity index (χ0) is 36.6. The van der Waals surface area contributed by atoms with Gasteiger partial charge in [-0.25, -0.2) is 0 Å². The van der Waals surface area contributed by atoms with Gasteiger partial charge in [-0.15, -0.1) is 11.8 Å². The minimum atomic E-state index is -2.15. The maximum Gasteiger partial charge on any atom is 0.305 e. The number of carbonyl (C=O) groups is 7. The summed E-state index contributed by atoms with van der Waals surface area (Å²) in [4.78, 5) is 88.7. The predicted octanol–water partition coefficient (Wildman–Crippen LogP) is -2.94. The van der Waals surface area contributed by atoms with Gasteiger partial charge < -0.3 is 52.7 Å². The van der Waals surface area contributed by atoms with E-state index in [4.69, 9.17) is 5.73 Å². The Morgan fingerprint density at radius 2 is 1.42 bits per heavy atom. The highest BCUT2D eigenvalue weighted by atomic mass is 32.2. The van der Waals surface area contributed by atoms with Gasteiger partial charge in [0.25, 0.3) is 0 Å². The number of carboxylic acid groups (broad SMARTS) is 2. The van der Waals surface area contributed by atoms with E-state index in [0.29, 0.717) is 19.4 Å². The quantitative estimate of drug-likeness (QED) is 0.0273. The zero-order valence-electron chi connectivity index (χ0n) is 27.8. The van der Waals surface area contributed by atoms with Crippen molar-refractivity contribution in [2.24, 2.45) is 5.73 Å². The summed E-state index contributed by atoms with van der Waals surface area (Å²) in [5.74, 6) is -6.64. The molecule has 5 atom stereocenters. The summed E-state index contributed by atoms with van der Waals surface area (Å²) >= 11 is 0.915. The van der Waals surface area contributed by atoms with Crippen LogP contribution >= 0.6 is 11.8 Å². The van der Waals surface area contributed by atoms with Gasteiger partial charge in [0.05, 0.1) is 30.2 Å². The number of thioether (sulfide) groups is 1. The number of imide groups is 1. The minimum Gasteiger partial charge on any atom is -0.481 e. The number of rotatable bonds is 24. The van der Waals surface area contributed by atoms with Crippen molar-refractivity contribution in [2.75, 3.05) is 25.4 Å². The molecule has 0 aromatic heterocycles. The summed E-state index contributed by atoms with van der Waals surface area (Å²) < 4.78 is 0. The van der Waals surface area contributed by atoms with Gasteiger partial charge in [0.2, 0.25) is 29.5 Å². The molecule has 0 bridgehead atoms. The number of nitrogens with one attached hydrogen (secondary N) is 5. The lowest BCUT2D eigenvalue weighted by Gasteiger charge is -2.27. The molecule has 1 heterocycles. The van der Waals surface area contributed by atoms with Gasteiger partial charge in [-0.2, -0.15) is 0 Å². The number of nitrogens with two attached hydrogens (primary N) is 1. The van der Waals surface area contributed by atoms with E-state index < -0.39 is 84.1 Å². The molecule has 0 spiro atoms. The van der Waals surface area contributed by atoms with E-state index in [1.54, 1.807) is 13.8 Å². The number of amides is 5. The highest BCUT2D eigenvalue weighted by molar-refractivity contribution is 8.00. The first-order chi connectivity index (χ1) is 22.5. The molecule has 18 nitrogen and oxygen atoms in total. The predicted molar refractivity (Wildman–Crippen MR) is 174 cm³/mol. The number of unbranched alkanes of at least 4 members (excludes halogenated alkanes) is 1. The molecule has 1 aliphatic heterocycles. The van der Waals surface area contributed by atoms with Crippen LogP contribution in [0.15, 0.2) is 0 Å².